The molecule has 0 aliphatic rings. The van der Waals surface area contributed by atoms with Gasteiger partial charge in [0.1, 0.15) is 12.7 Å². The average molecular weight is 919 g/mol. The minimum atomic E-state index is -4.88. The molecule has 0 aliphatic heterocycles. The molecule has 0 aromatic rings. The van der Waals surface area contributed by atoms with Crippen molar-refractivity contribution in [2.75, 3.05) is 26.4 Å². The molecule has 0 fully saturated rings. The van der Waals surface area contributed by atoms with Gasteiger partial charge in [0.2, 0.25) is 0 Å². The maximum absolute atomic E-state index is 12.7. The van der Waals surface area contributed by atoms with Gasteiger partial charge < -0.3 is 34.4 Å². The van der Waals surface area contributed by atoms with Crippen LogP contribution in [0.4, 0.5) is 0 Å². The summed E-state index contributed by atoms with van der Waals surface area (Å²) in [4.78, 5) is 52.7. The smallest absolute Gasteiger partial charge is 0.462 e. The number of esters is 2. The number of allylic oxidation sites excluding steroid dienone is 10. The van der Waals surface area contributed by atoms with Gasteiger partial charge in [0.25, 0.3) is 0 Å². The molecule has 0 spiro atoms. The first-order valence-electron chi connectivity index (χ1n) is 22.7. The summed E-state index contributed by atoms with van der Waals surface area (Å²) in [5.74, 6) is -1.15. The fourth-order valence-electron chi connectivity index (χ4n) is 5.70. The van der Waals surface area contributed by atoms with Gasteiger partial charge >= 0.3 is 27.6 Å². The van der Waals surface area contributed by atoms with E-state index in [0.717, 1.165) is 44.9 Å². The van der Waals surface area contributed by atoms with Crippen LogP contribution in [0, 0.1) is 0 Å². The summed E-state index contributed by atoms with van der Waals surface area (Å²) >= 11 is 0. The molecule has 16 heteroatoms. The predicted octanol–water partition coefficient (Wildman–Crippen LogP) is 10.8. The topological polar surface area (TPSA) is 216 Å². The molecule has 5 N–H and O–H groups in total. The first-order valence-corrected chi connectivity index (χ1v) is 25.8. The van der Waals surface area contributed by atoms with E-state index in [4.69, 9.17) is 23.8 Å². The van der Waals surface area contributed by atoms with Gasteiger partial charge in [0.05, 0.1) is 25.9 Å². The summed E-state index contributed by atoms with van der Waals surface area (Å²) in [6, 6.07) is 0. The molecule has 0 bridgehead atoms. The van der Waals surface area contributed by atoms with Crippen LogP contribution in [0.3, 0.4) is 0 Å². The van der Waals surface area contributed by atoms with Crippen LogP contribution < -0.4 is 0 Å². The number of carbonyl (C=O) groups is 2. The van der Waals surface area contributed by atoms with Crippen molar-refractivity contribution in [3.63, 3.8) is 0 Å². The molecular formula is C46H80O14P2. The van der Waals surface area contributed by atoms with Crippen LogP contribution in [0.15, 0.2) is 72.9 Å². The summed E-state index contributed by atoms with van der Waals surface area (Å²) in [7, 11) is -9.72. The number of unbranched alkanes of at least 4 members (excludes halogenated alkanes) is 14. The van der Waals surface area contributed by atoms with Gasteiger partial charge in [-0.1, -0.05) is 151 Å². The summed E-state index contributed by atoms with van der Waals surface area (Å²) < 4.78 is 47.7. The second-order valence-electron chi connectivity index (χ2n) is 15.1. The standard InChI is InChI=1S/C46H80O14P2/c1-3-5-7-9-11-12-13-14-15-16-17-18-19-20-25-29-33-37-46(50)60-44(41-59-62(54,55)58-39-43(48)38-57-61(51,52)53)40-56-45(49)36-32-28-24-22-21-23-27-31-35-42(47)34-30-26-10-8-6-4-2/h6,8,14-15,22-24,26-27,30-31,35,42-44,47-48H,3-5,7,9-13,16-21,25,28-29,32-34,36-41H2,1-2H3,(H,54,55)(H2,51,52,53)/b8-6-,15-14-,24-22-,27-23-,30-26-,35-31+/t42?,43-,44+/m0/s1. The number of hydrogen-bond acceptors (Lipinski definition) is 11. The lowest BCUT2D eigenvalue weighted by atomic mass is 10.1. The minimum absolute atomic E-state index is 0.0811. The van der Waals surface area contributed by atoms with Crippen molar-refractivity contribution in [2.24, 2.45) is 0 Å². The fourth-order valence-corrected chi connectivity index (χ4v) is 6.85. The zero-order valence-electron chi connectivity index (χ0n) is 37.6. The molecule has 0 amide bonds. The van der Waals surface area contributed by atoms with Crippen LogP contribution >= 0.6 is 15.6 Å². The van der Waals surface area contributed by atoms with Crippen molar-refractivity contribution < 1.29 is 66.7 Å². The normalized spacial score (nSPS) is 15.1. The van der Waals surface area contributed by atoms with Crippen LogP contribution in [0.25, 0.3) is 0 Å². The van der Waals surface area contributed by atoms with Crippen LogP contribution in [-0.4, -0.2) is 81.6 Å². The SMILES string of the molecule is CC/C=C\C/C=C\CC(O)/C=C/C=C\C/C=C\CCCC(=O)OC[C@H](COP(=O)(O)OC[C@@H](O)COP(=O)(O)O)OC(=O)CCCCCCCCC/C=C\CCCCCCCC. The molecule has 0 aromatic carbocycles. The van der Waals surface area contributed by atoms with E-state index in [9.17, 15) is 33.8 Å². The van der Waals surface area contributed by atoms with Gasteiger partial charge in [0, 0.05) is 12.8 Å². The second kappa shape index (κ2) is 41.2. The van der Waals surface area contributed by atoms with Crippen molar-refractivity contribution in [2.45, 2.75) is 180 Å². The molecule has 0 heterocycles. The molecule has 0 saturated carbocycles. The third kappa shape index (κ3) is 44.1. The van der Waals surface area contributed by atoms with Gasteiger partial charge in [-0.25, -0.2) is 9.13 Å². The van der Waals surface area contributed by atoms with Gasteiger partial charge in [-0.05, 0) is 70.6 Å². The lowest BCUT2D eigenvalue weighted by Gasteiger charge is -2.20. The van der Waals surface area contributed by atoms with Crippen molar-refractivity contribution in [3.05, 3.63) is 72.9 Å². The van der Waals surface area contributed by atoms with E-state index in [0.29, 0.717) is 32.1 Å². The Kier molecular flexibility index (Phi) is 39.6. The fraction of sp³-hybridized carbons (Fsp3) is 0.696. The summed E-state index contributed by atoms with van der Waals surface area (Å²) in [6.45, 7) is 1.48. The molecule has 14 nitrogen and oxygen atoms in total. The van der Waals surface area contributed by atoms with Crippen molar-refractivity contribution in [1.82, 2.24) is 0 Å². The second-order valence-corrected chi connectivity index (χ2v) is 17.8. The Balaban J connectivity index is 4.65. The highest BCUT2D eigenvalue weighted by Crippen LogP contribution is 2.43. The quantitative estimate of drug-likeness (QED) is 0.0127. The Bertz CT molecular complexity index is 1390. The number of phosphoric ester groups is 2. The van der Waals surface area contributed by atoms with Gasteiger partial charge in [-0.15, -0.1) is 0 Å². The van der Waals surface area contributed by atoms with E-state index < -0.39 is 72.3 Å². The molecule has 2 unspecified atom stereocenters. The van der Waals surface area contributed by atoms with Gasteiger partial charge in [-0.2, -0.15) is 0 Å². The summed E-state index contributed by atoms with van der Waals surface area (Å²) in [6.07, 6.45) is 42.1. The number of rotatable bonds is 42. The lowest BCUT2D eigenvalue weighted by molar-refractivity contribution is -0.161. The van der Waals surface area contributed by atoms with Crippen molar-refractivity contribution in [3.8, 4) is 0 Å². The van der Waals surface area contributed by atoms with Crippen molar-refractivity contribution >= 4 is 27.6 Å². The molecule has 358 valence electrons. The summed E-state index contributed by atoms with van der Waals surface area (Å²) in [5, 5.41) is 19.8. The van der Waals surface area contributed by atoms with E-state index in [2.05, 4.69) is 47.2 Å². The zero-order valence-corrected chi connectivity index (χ0v) is 39.3. The van der Waals surface area contributed by atoms with Crippen LogP contribution in [0.2, 0.25) is 0 Å². The first-order chi connectivity index (χ1) is 29.8. The minimum Gasteiger partial charge on any atom is -0.462 e. The maximum atomic E-state index is 12.7. The molecule has 0 aliphatic carbocycles. The molecular weight excluding hydrogens is 838 g/mol. The molecule has 62 heavy (non-hydrogen) atoms. The molecule has 0 saturated heterocycles. The number of hydrogen-bond donors (Lipinski definition) is 5. The summed E-state index contributed by atoms with van der Waals surface area (Å²) in [5.41, 5.74) is 0. The highest BCUT2D eigenvalue weighted by atomic mass is 31.2. The lowest BCUT2D eigenvalue weighted by Crippen LogP contribution is -2.30. The Morgan fingerprint density at radius 3 is 1.74 bits per heavy atom. The third-order valence-corrected chi connectivity index (χ3v) is 10.6. The van der Waals surface area contributed by atoms with E-state index in [-0.39, 0.29) is 12.8 Å². The van der Waals surface area contributed by atoms with Gasteiger partial charge in [0.15, 0.2) is 6.10 Å². The Morgan fingerprint density at radius 2 is 1.08 bits per heavy atom. The zero-order chi connectivity index (χ0) is 46.0. The van der Waals surface area contributed by atoms with E-state index in [1.165, 1.54) is 57.8 Å². The largest absolute Gasteiger partial charge is 0.472 e. The molecule has 0 aromatic heterocycles. The number of phosphoric acid groups is 2. The number of ether oxygens (including phenoxy) is 2. The highest BCUT2D eigenvalue weighted by Gasteiger charge is 2.28. The van der Waals surface area contributed by atoms with Crippen LogP contribution in [0.1, 0.15) is 162 Å². The highest BCUT2D eigenvalue weighted by molar-refractivity contribution is 7.47. The number of carbonyl (C=O) groups excluding carboxylic acids is 2. The maximum Gasteiger partial charge on any atom is 0.472 e. The Hall–Kier alpha value is -2.48. The average Bonchev–Trinajstić information content (AvgIpc) is 3.23. The van der Waals surface area contributed by atoms with Gasteiger partial charge in [-0.3, -0.25) is 23.2 Å². The van der Waals surface area contributed by atoms with E-state index in [1.54, 1.807) is 12.2 Å². The molecule has 4 atom stereocenters. The molecule has 0 rings (SSSR count). The Morgan fingerprint density at radius 1 is 0.548 bits per heavy atom. The Labute approximate surface area is 372 Å². The first kappa shape index (κ1) is 59.5. The number of aliphatic hydroxyl groups is 2. The predicted molar refractivity (Wildman–Crippen MR) is 245 cm³/mol. The van der Waals surface area contributed by atoms with E-state index >= 15 is 0 Å². The van der Waals surface area contributed by atoms with Crippen molar-refractivity contribution in [1.29, 1.82) is 0 Å². The van der Waals surface area contributed by atoms with E-state index in [1.807, 2.05) is 36.5 Å². The monoisotopic (exact) mass is 919 g/mol. The van der Waals surface area contributed by atoms with Crippen LogP contribution in [0.5, 0.6) is 0 Å². The van der Waals surface area contributed by atoms with Crippen LogP contribution in [-0.2, 0) is 41.8 Å². The third-order valence-electron chi connectivity index (χ3n) is 9.15. The molecule has 0 radical (unpaired) electrons. The number of aliphatic hydroxyl groups excluding tert-OH is 2.